The third kappa shape index (κ3) is 2.49. The SMILES string of the molecule is CC(=O)/C=C(/C)c1ccc(F)c(F)c1. The molecule has 0 atom stereocenters. The number of hydrogen-bond acceptors (Lipinski definition) is 1. The molecule has 0 aliphatic rings. The van der Waals surface area contributed by atoms with E-state index in [0.29, 0.717) is 11.1 Å². The molecule has 0 spiro atoms. The minimum absolute atomic E-state index is 0.118. The molecule has 74 valence electrons. The van der Waals surface area contributed by atoms with Crippen molar-refractivity contribution in [2.24, 2.45) is 0 Å². The predicted octanol–water partition coefficient (Wildman–Crippen LogP) is 2.96. The number of rotatable bonds is 2. The summed E-state index contributed by atoms with van der Waals surface area (Å²) in [5.74, 6) is -1.91. The Hall–Kier alpha value is -1.51. The van der Waals surface area contributed by atoms with Gasteiger partial charge >= 0.3 is 0 Å². The van der Waals surface area contributed by atoms with Crippen LogP contribution in [0.4, 0.5) is 8.78 Å². The topological polar surface area (TPSA) is 17.1 Å². The number of halogens is 2. The van der Waals surface area contributed by atoms with E-state index in [-0.39, 0.29) is 5.78 Å². The van der Waals surface area contributed by atoms with Gasteiger partial charge in [-0.25, -0.2) is 8.78 Å². The molecule has 0 radical (unpaired) electrons. The minimum Gasteiger partial charge on any atom is -0.295 e. The minimum atomic E-state index is -0.904. The van der Waals surface area contributed by atoms with E-state index in [1.54, 1.807) is 6.92 Å². The molecule has 1 rings (SSSR count). The summed E-state index contributed by atoms with van der Waals surface area (Å²) in [6, 6.07) is 3.55. The summed E-state index contributed by atoms with van der Waals surface area (Å²) in [5.41, 5.74) is 1.13. The molecule has 14 heavy (non-hydrogen) atoms. The highest BCUT2D eigenvalue weighted by atomic mass is 19.2. The first-order valence-corrected chi connectivity index (χ1v) is 4.15. The zero-order valence-corrected chi connectivity index (χ0v) is 7.97. The summed E-state index contributed by atoms with van der Waals surface area (Å²) < 4.78 is 25.4. The fraction of sp³-hybridized carbons (Fsp3) is 0.182. The lowest BCUT2D eigenvalue weighted by Crippen LogP contribution is -1.89. The molecule has 1 aromatic carbocycles. The molecule has 0 N–H and O–H groups in total. The van der Waals surface area contributed by atoms with Gasteiger partial charge in [-0.1, -0.05) is 6.07 Å². The first kappa shape index (κ1) is 10.6. The average molecular weight is 196 g/mol. The van der Waals surface area contributed by atoms with E-state index in [9.17, 15) is 13.6 Å². The van der Waals surface area contributed by atoms with E-state index in [2.05, 4.69) is 0 Å². The Kier molecular flexibility index (Phi) is 3.12. The third-order valence-electron chi connectivity index (χ3n) is 1.79. The molecule has 1 nitrogen and oxygen atoms in total. The van der Waals surface area contributed by atoms with Crippen molar-refractivity contribution in [3.8, 4) is 0 Å². The number of benzene rings is 1. The predicted molar refractivity (Wildman–Crippen MR) is 50.7 cm³/mol. The number of allylic oxidation sites excluding steroid dienone is 2. The fourth-order valence-corrected chi connectivity index (χ4v) is 1.13. The number of carbonyl (C=O) groups is 1. The number of hydrogen-bond donors (Lipinski definition) is 0. The zero-order chi connectivity index (χ0) is 10.7. The van der Waals surface area contributed by atoms with Gasteiger partial charge in [-0.05, 0) is 43.2 Å². The lowest BCUT2D eigenvalue weighted by molar-refractivity contribution is -0.112. The number of carbonyl (C=O) groups excluding carboxylic acids is 1. The maximum Gasteiger partial charge on any atom is 0.159 e. The van der Waals surface area contributed by atoms with Crippen molar-refractivity contribution in [1.29, 1.82) is 0 Å². The van der Waals surface area contributed by atoms with Crippen LogP contribution >= 0.6 is 0 Å². The molecule has 0 saturated heterocycles. The van der Waals surface area contributed by atoms with Gasteiger partial charge in [0.1, 0.15) is 0 Å². The normalized spacial score (nSPS) is 11.6. The van der Waals surface area contributed by atoms with Crippen molar-refractivity contribution in [2.75, 3.05) is 0 Å². The fourth-order valence-electron chi connectivity index (χ4n) is 1.13. The van der Waals surface area contributed by atoms with E-state index >= 15 is 0 Å². The lowest BCUT2D eigenvalue weighted by atomic mass is 10.1. The van der Waals surface area contributed by atoms with Gasteiger partial charge in [0.15, 0.2) is 17.4 Å². The van der Waals surface area contributed by atoms with E-state index in [1.165, 1.54) is 19.1 Å². The van der Waals surface area contributed by atoms with Crippen molar-refractivity contribution in [3.05, 3.63) is 41.5 Å². The van der Waals surface area contributed by atoms with E-state index in [4.69, 9.17) is 0 Å². The van der Waals surface area contributed by atoms with Crippen molar-refractivity contribution < 1.29 is 13.6 Å². The average Bonchev–Trinajstić information content (AvgIpc) is 2.08. The molecule has 0 fully saturated rings. The molecular weight excluding hydrogens is 186 g/mol. The van der Waals surface area contributed by atoms with Gasteiger partial charge < -0.3 is 0 Å². The van der Waals surface area contributed by atoms with Gasteiger partial charge in [0.2, 0.25) is 0 Å². The lowest BCUT2D eigenvalue weighted by Gasteiger charge is -2.01. The summed E-state index contributed by atoms with van der Waals surface area (Å²) in [7, 11) is 0. The molecule has 3 heteroatoms. The van der Waals surface area contributed by atoms with Crippen LogP contribution in [0.3, 0.4) is 0 Å². The van der Waals surface area contributed by atoms with E-state index < -0.39 is 11.6 Å². The van der Waals surface area contributed by atoms with Crippen LogP contribution in [0.25, 0.3) is 5.57 Å². The van der Waals surface area contributed by atoms with E-state index in [0.717, 1.165) is 12.1 Å². The van der Waals surface area contributed by atoms with Gasteiger partial charge in [-0.2, -0.15) is 0 Å². The smallest absolute Gasteiger partial charge is 0.159 e. The van der Waals surface area contributed by atoms with Crippen LogP contribution < -0.4 is 0 Å². The van der Waals surface area contributed by atoms with Crippen LogP contribution in [0.1, 0.15) is 19.4 Å². The molecule has 0 aliphatic carbocycles. The Labute approximate surface area is 81.1 Å². The second-order valence-corrected chi connectivity index (χ2v) is 3.07. The summed E-state index contributed by atoms with van der Waals surface area (Å²) in [6.07, 6.45) is 1.38. The maximum atomic E-state index is 12.8. The van der Waals surface area contributed by atoms with Crippen LogP contribution in [-0.2, 0) is 4.79 Å². The van der Waals surface area contributed by atoms with Crippen LogP contribution in [0, 0.1) is 11.6 Å². The standard InChI is InChI=1S/C11H10F2O/c1-7(5-8(2)14)9-3-4-10(12)11(13)6-9/h3-6H,1-2H3/b7-5-. The molecule has 1 aromatic rings. The molecule has 0 saturated carbocycles. The zero-order valence-electron chi connectivity index (χ0n) is 7.97. The first-order valence-electron chi connectivity index (χ1n) is 4.15. The summed E-state index contributed by atoms with van der Waals surface area (Å²) >= 11 is 0. The van der Waals surface area contributed by atoms with Crippen LogP contribution in [0.2, 0.25) is 0 Å². The molecule has 0 unspecified atom stereocenters. The first-order chi connectivity index (χ1) is 6.50. The summed E-state index contributed by atoms with van der Waals surface area (Å²) in [5, 5.41) is 0. The molecular formula is C11H10F2O. The van der Waals surface area contributed by atoms with Crippen LogP contribution in [0.15, 0.2) is 24.3 Å². The molecule has 0 heterocycles. The van der Waals surface area contributed by atoms with Crippen molar-refractivity contribution in [2.45, 2.75) is 13.8 Å². The maximum absolute atomic E-state index is 12.8. The highest BCUT2D eigenvalue weighted by Crippen LogP contribution is 2.16. The van der Waals surface area contributed by atoms with Gasteiger partial charge in [0, 0.05) is 0 Å². The molecule has 0 aliphatic heterocycles. The van der Waals surface area contributed by atoms with Gasteiger partial charge in [-0.3, -0.25) is 4.79 Å². The Balaban J connectivity index is 3.09. The van der Waals surface area contributed by atoms with Gasteiger partial charge in [-0.15, -0.1) is 0 Å². The van der Waals surface area contributed by atoms with Crippen molar-refractivity contribution in [1.82, 2.24) is 0 Å². The molecule has 0 aromatic heterocycles. The quantitative estimate of drug-likeness (QED) is 0.664. The Morgan fingerprint density at radius 1 is 1.21 bits per heavy atom. The Morgan fingerprint density at radius 2 is 1.86 bits per heavy atom. The highest BCUT2D eigenvalue weighted by molar-refractivity contribution is 5.94. The summed E-state index contributed by atoms with van der Waals surface area (Å²) in [4.78, 5) is 10.7. The second kappa shape index (κ2) is 4.13. The Bertz CT molecular complexity index is 394. The third-order valence-corrected chi connectivity index (χ3v) is 1.79. The molecule has 0 amide bonds. The largest absolute Gasteiger partial charge is 0.295 e. The summed E-state index contributed by atoms with van der Waals surface area (Å²) in [6.45, 7) is 3.08. The van der Waals surface area contributed by atoms with Gasteiger partial charge in [0.25, 0.3) is 0 Å². The second-order valence-electron chi connectivity index (χ2n) is 3.07. The van der Waals surface area contributed by atoms with E-state index in [1.807, 2.05) is 0 Å². The Morgan fingerprint density at radius 3 is 2.36 bits per heavy atom. The van der Waals surface area contributed by atoms with Crippen LogP contribution in [-0.4, -0.2) is 5.78 Å². The van der Waals surface area contributed by atoms with Crippen molar-refractivity contribution in [3.63, 3.8) is 0 Å². The van der Waals surface area contributed by atoms with Crippen LogP contribution in [0.5, 0.6) is 0 Å². The number of ketones is 1. The monoisotopic (exact) mass is 196 g/mol. The molecule has 0 bridgehead atoms. The highest BCUT2D eigenvalue weighted by Gasteiger charge is 2.03. The van der Waals surface area contributed by atoms with Crippen molar-refractivity contribution >= 4 is 11.4 Å². The van der Waals surface area contributed by atoms with Gasteiger partial charge in [0.05, 0.1) is 0 Å².